The zero-order chi connectivity index (χ0) is 17.4. The van der Waals surface area contributed by atoms with Crippen LogP contribution in [0, 0.1) is 0 Å². The summed E-state index contributed by atoms with van der Waals surface area (Å²) in [4.78, 5) is 34.5. The molecular formula is C14H9F3N2O4. The lowest BCUT2D eigenvalue weighted by Gasteiger charge is -2.11. The van der Waals surface area contributed by atoms with Gasteiger partial charge in [0.2, 0.25) is 0 Å². The Hall–Kier alpha value is -2.97. The van der Waals surface area contributed by atoms with Gasteiger partial charge in [0, 0.05) is 6.92 Å². The summed E-state index contributed by atoms with van der Waals surface area (Å²) in [5, 5.41) is 12.6. The fourth-order valence-electron chi connectivity index (χ4n) is 1.81. The summed E-state index contributed by atoms with van der Waals surface area (Å²) in [6.45, 7) is 1.09. The minimum atomic E-state index is -4.65. The van der Waals surface area contributed by atoms with Gasteiger partial charge in [0.1, 0.15) is 11.3 Å². The summed E-state index contributed by atoms with van der Waals surface area (Å²) >= 11 is 0. The van der Waals surface area contributed by atoms with Crippen LogP contribution in [-0.4, -0.2) is 26.6 Å². The number of hydrogen-bond acceptors (Lipinski definition) is 4. The van der Waals surface area contributed by atoms with Gasteiger partial charge in [0.25, 0.3) is 5.56 Å². The maximum atomic E-state index is 12.7. The lowest BCUT2D eigenvalue weighted by molar-refractivity contribution is -0.137. The molecule has 120 valence electrons. The van der Waals surface area contributed by atoms with Crippen LogP contribution in [0.15, 0.2) is 35.1 Å². The standard InChI is InChI=1S/C14H9F3N2O4/c1-7(20)11-6-10(13(22)23)12(21)19(18-11)9-4-2-3-8(5-9)14(15,16)17/h2-6H,1H3,(H,22,23). The number of carbonyl (C=O) groups excluding carboxylic acids is 1. The van der Waals surface area contributed by atoms with E-state index < -0.39 is 34.6 Å². The van der Waals surface area contributed by atoms with E-state index in [4.69, 9.17) is 5.11 Å². The highest BCUT2D eigenvalue weighted by molar-refractivity contribution is 5.95. The molecule has 23 heavy (non-hydrogen) atoms. The van der Waals surface area contributed by atoms with Crippen molar-refractivity contribution in [3.63, 3.8) is 0 Å². The molecule has 0 aliphatic carbocycles. The fraction of sp³-hybridized carbons (Fsp3) is 0.143. The van der Waals surface area contributed by atoms with Crippen LogP contribution in [0.5, 0.6) is 0 Å². The number of carboxylic acid groups (broad SMARTS) is 1. The van der Waals surface area contributed by atoms with Gasteiger partial charge in [0.05, 0.1) is 11.3 Å². The maximum absolute atomic E-state index is 12.7. The number of carboxylic acids is 1. The first-order chi connectivity index (χ1) is 10.6. The van der Waals surface area contributed by atoms with Crippen molar-refractivity contribution in [3.8, 4) is 5.69 Å². The van der Waals surface area contributed by atoms with E-state index in [1.165, 1.54) is 0 Å². The number of benzene rings is 1. The van der Waals surface area contributed by atoms with Gasteiger partial charge in [-0.05, 0) is 24.3 Å². The second-order valence-corrected chi connectivity index (χ2v) is 4.57. The van der Waals surface area contributed by atoms with E-state index in [0.29, 0.717) is 10.7 Å². The molecular weight excluding hydrogens is 317 g/mol. The molecule has 0 aliphatic rings. The van der Waals surface area contributed by atoms with Gasteiger partial charge in [-0.3, -0.25) is 9.59 Å². The highest BCUT2D eigenvalue weighted by atomic mass is 19.4. The number of ketones is 1. The Morgan fingerprint density at radius 3 is 2.39 bits per heavy atom. The Bertz CT molecular complexity index is 856. The largest absolute Gasteiger partial charge is 0.477 e. The van der Waals surface area contributed by atoms with Crippen molar-refractivity contribution in [1.82, 2.24) is 9.78 Å². The van der Waals surface area contributed by atoms with Crippen LogP contribution in [0.4, 0.5) is 13.2 Å². The van der Waals surface area contributed by atoms with Crippen molar-refractivity contribution in [2.24, 2.45) is 0 Å². The van der Waals surface area contributed by atoms with E-state index in [9.17, 15) is 27.6 Å². The van der Waals surface area contributed by atoms with Crippen LogP contribution in [0.25, 0.3) is 5.69 Å². The van der Waals surface area contributed by atoms with E-state index in [0.717, 1.165) is 31.2 Å². The van der Waals surface area contributed by atoms with Crippen molar-refractivity contribution < 1.29 is 27.9 Å². The molecule has 0 fully saturated rings. The number of aromatic nitrogens is 2. The summed E-state index contributed by atoms with van der Waals surface area (Å²) in [7, 11) is 0. The first kappa shape index (κ1) is 16.4. The Morgan fingerprint density at radius 1 is 1.22 bits per heavy atom. The Kier molecular flexibility index (Phi) is 4.04. The highest BCUT2D eigenvalue weighted by Crippen LogP contribution is 2.30. The molecule has 0 radical (unpaired) electrons. The molecule has 0 unspecified atom stereocenters. The molecule has 0 saturated heterocycles. The topological polar surface area (TPSA) is 89.3 Å². The molecule has 0 atom stereocenters. The molecule has 1 aromatic carbocycles. The molecule has 6 nitrogen and oxygen atoms in total. The van der Waals surface area contributed by atoms with Crippen LogP contribution >= 0.6 is 0 Å². The number of rotatable bonds is 3. The third kappa shape index (κ3) is 3.28. The van der Waals surface area contributed by atoms with Gasteiger partial charge >= 0.3 is 12.1 Å². The second-order valence-electron chi connectivity index (χ2n) is 4.57. The third-order valence-corrected chi connectivity index (χ3v) is 2.92. The molecule has 1 N–H and O–H groups in total. The molecule has 0 aliphatic heterocycles. The normalized spacial score (nSPS) is 11.3. The molecule has 9 heteroatoms. The van der Waals surface area contributed by atoms with Crippen LogP contribution in [-0.2, 0) is 6.18 Å². The van der Waals surface area contributed by atoms with Crippen molar-refractivity contribution >= 4 is 11.8 Å². The van der Waals surface area contributed by atoms with Crippen molar-refractivity contribution in [2.45, 2.75) is 13.1 Å². The Labute approximate surface area is 126 Å². The SMILES string of the molecule is CC(=O)c1cc(C(=O)O)c(=O)n(-c2cccc(C(F)(F)F)c2)n1. The molecule has 0 spiro atoms. The number of halogens is 3. The zero-order valence-corrected chi connectivity index (χ0v) is 11.6. The molecule has 0 bridgehead atoms. The van der Waals surface area contributed by atoms with E-state index in [1.807, 2.05) is 0 Å². The number of nitrogens with zero attached hydrogens (tertiary/aromatic N) is 2. The average Bonchev–Trinajstić information content (AvgIpc) is 2.46. The zero-order valence-electron chi connectivity index (χ0n) is 11.6. The summed E-state index contributed by atoms with van der Waals surface area (Å²) < 4.78 is 38.7. The predicted octanol–water partition coefficient (Wildman–Crippen LogP) is 2.15. The van der Waals surface area contributed by atoms with Gasteiger partial charge in [-0.1, -0.05) is 6.07 Å². The smallest absolute Gasteiger partial charge is 0.416 e. The van der Waals surface area contributed by atoms with Crippen molar-refractivity contribution in [3.05, 3.63) is 57.5 Å². The van der Waals surface area contributed by atoms with Crippen LogP contribution in [0.2, 0.25) is 0 Å². The number of Topliss-reactive ketones (excluding diaryl/α,β-unsaturated/α-hetero) is 1. The fourth-order valence-corrected chi connectivity index (χ4v) is 1.81. The Morgan fingerprint density at radius 2 is 1.87 bits per heavy atom. The number of hydrogen-bond donors (Lipinski definition) is 1. The van der Waals surface area contributed by atoms with Crippen LogP contribution < -0.4 is 5.56 Å². The molecule has 0 amide bonds. The highest BCUT2D eigenvalue weighted by Gasteiger charge is 2.31. The summed E-state index contributed by atoms with van der Waals surface area (Å²) in [5.74, 6) is -2.24. The number of alkyl halides is 3. The molecule has 1 heterocycles. The van der Waals surface area contributed by atoms with Crippen molar-refractivity contribution in [2.75, 3.05) is 0 Å². The summed E-state index contributed by atoms with van der Waals surface area (Å²) in [6, 6.07) is 4.43. The van der Waals surface area contributed by atoms with Gasteiger partial charge in [-0.2, -0.15) is 23.0 Å². The van der Waals surface area contributed by atoms with Crippen LogP contribution in [0.1, 0.15) is 33.3 Å². The molecule has 2 aromatic rings. The van der Waals surface area contributed by atoms with Gasteiger partial charge < -0.3 is 5.11 Å². The summed E-state index contributed by atoms with van der Waals surface area (Å²) in [5.41, 5.74) is -3.58. The maximum Gasteiger partial charge on any atom is 0.416 e. The minimum Gasteiger partial charge on any atom is -0.477 e. The number of aromatic carboxylic acids is 1. The van der Waals surface area contributed by atoms with E-state index in [2.05, 4.69) is 5.10 Å². The summed E-state index contributed by atoms with van der Waals surface area (Å²) in [6.07, 6.45) is -4.65. The molecule has 2 rings (SSSR count). The van der Waals surface area contributed by atoms with E-state index in [-0.39, 0.29) is 11.4 Å². The second kappa shape index (κ2) is 5.67. The molecule has 1 aromatic heterocycles. The van der Waals surface area contributed by atoms with Gasteiger partial charge in [0.15, 0.2) is 5.78 Å². The van der Waals surface area contributed by atoms with Gasteiger partial charge in [-0.15, -0.1) is 0 Å². The predicted molar refractivity (Wildman–Crippen MR) is 71.8 cm³/mol. The van der Waals surface area contributed by atoms with Crippen LogP contribution in [0.3, 0.4) is 0 Å². The quantitative estimate of drug-likeness (QED) is 0.873. The Balaban J connectivity index is 2.75. The first-order valence-corrected chi connectivity index (χ1v) is 6.17. The molecule has 0 saturated carbocycles. The monoisotopic (exact) mass is 326 g/mol. The first-order valence-electron chi connectivity index (χ1n) is 6.17. The third-order valence-electron chi connectivity index (χ3n) is 2.92. The lowest BCUT2D eigenvalue weighted by atomic mass is 10.2. The van der Waals surface area contributed by atoms with Gasteiger partial charge in [-0.25, -0.2) is 4.79 Å². The van der Waals surface area contributed by atoms with Crippen molar-refractivity contribution in [1.29, 1.82) is 0 Å². The van der Waals surface area contributed by atoms with E-state index in [1.54, 1.807) is 0 Å². The minimum absolute atomic E-state index is 0.296. The van der Waals surface area contributed by atoms with E-state index >= 15 is 0 Å². The lowest BCUT2D eigenvalue weighted by Crippen LogP contribution is -2.29. The number of carbonyl (C=O) groups is 2. The average molecular weight is 326 g/mol.